The standard InChI is InChI=1S/C18H23ClN4O/c1-5-23(6-2)15-9-7-14(8-10-15)20-18(24)13-11-16(19)21-17(12-13)22(3)4/h7-12H,5-6H2,1-4H3,(H,20,24). The van der Waals surface area contributed by atoms with E-state index in [-0.39, 0.29) is 5.91 Å². The van der Waals surface area contributed by atoms with E-state index in [1.54, 1.807) is 12.1 Å². The quantitative estimate of drug-likeness (QED) is 0.806. The van der Waals surface area contributed by atoms with Crippen molar-refractivity contribution in [3.05, 3.63) is 47.1 Å². The normalized spacial score (nSPS) is 10.4. The van der Waals surface area contributed by atoms with Crippen molar-refractivity contribution in [2.24, 2.45) is 0 Å². The maximum atomic E-state index is 12.4. The van der Waals surface area contributed by atoms with Crippen LogP contribution in [0.1, 0.15) is 24.2 Å². The number of hydrogen-bond donors (Lipinski definition) is 1. The van der Waals surface area contributed by atoms with E-state index < -0.39 is 0 Å². The molecule has 0 unspecified atom stereocenters. The van der Waals surface area contributed by atoms with Crippen LogP contribution in [0.25, 0.3) is 0 Å². The minimum atomic E-state index is -0.210. The minimum Gasteiger partial charge on any atom is -0.372 e. The van der Waals surface area contributed by atoms with Gasteiger partial charge in [0.1, 0.15) is 11.0 Å². The molecule has 0 saturated heterocycles. The number of hydrogen-bond acceptors (Lipinski definition) is 4. The van der Waals surface area contributed by atoms with Crippen LogP contribution in [0, 0.1) is 0 Å². The number of pyridine rings is 1. The summed E-state index contributed by atoms with van der Waals surface area (Å²) in [7, 11) is 3.71. The summed E-state index contributed by atoms with van der Waals surface area (Å²) in [4.78, 5) is 20.7. The lowest BCUT2D eigenvalue weighted by atomic mass is 10.2. The molecule has 2 aromatic rings. The first-order valence-corrected chi connectivity index (χ1v) is 8.33. The van der Waals surface area contributed by atoms with Gasteiger partial charge in [0.05, 0.1) is 0 Å². The van der Waals surface area contributed by atoms with E-state index in [2.05, 4.69) is 29.0 Å². The fourth-order valence-electron chi connectivity index (χ4n) is 2.39. The molecule has 1 heterocycles. The van der Waals surface area contributed by atoms with Crippen molar-refractivity contribution < 1.29 is 4.79 Å². The zero-order valence-electron chi connectivity index (χ0n) is 14.5. The number of aromatic nitrogens is 1. The average molecular weight is 347 g/mol. The van der Waals surface area contributed by atoms with Gasteiger partial charge in [-0.25, -0.2) is 4.98 Å². The zero-order chi connectivity index (χ0) is 17.7. The first kappa shape index (κ1) is 18.1. The molecule has 0 saturated carbocycles. The molecule has 0 spiro atoms. The lowest BCUT2D eigenvalue weighted by Crippen LogP contribution is -2.21. The van der Waals surface area contributed by atoms with Gasteiger partial charge < -0.3 is 15.1 Å². The Bertz CT molecular complexity index is 697. The molecule has 128 valence electrons. The van der Waals surface area contributed by atoms with Crippen LogP contribution in [0.2, 0.25) is 5.15 Å². The number of amides is 1. The number of anilines is 3. The van der Waals surface area contributed by atoms with E-state index in [1.165, 1.54) is 0 Å². The Labute approximate surface area is 148 Å². The van der Waals surface area contributed by atoms with Gasteiger partial charge in [-0.15, -0.1) is 0 Å². The molecule has 1 aromatic heterocycles. The molecular formula is C18H23ClN4O. The molecule has 0 aliphatic rings. The van der Waals surface area contributed by atoms with E-state index in [0.717, 1.165) is 24.5 Å². The van der Waals surface area contributed by atoms with Crippen LogP contribution >= 0.6 is 11.6 Å². The highest BCUT2D eigenvalue weighted by Crippen LogP contribution is 2.20. The molecule has 1 N–H and O–H groups in total. The number of rotatable bonds is 6. The predicted molar refractivity (Wildman–Crippen MR) is 102 cm³/mol. The number of carbonyl (C=O) groups is 1. The second kappa shape index (κ2) is 8.02. The van der Waals surface area contributed by atoms with Crippen LogP contribution in [0.15, 0.2) is 36.4 Å². The third kappa shape index (κ3) is 4.38. The first-order valence-electron chi connectivity index (χ1n) is 7.95. The number of nitrogens with one attached hydrogen (secondary N) is 1. The number of benzene rings is 1. The zero-order valence-corrected chi connectivity index (χ0v) is 15.3. The van der Waals surface area contributed by atoms with Crippen LogP contribution in [0.5, 0.6) is 0 Å². The third-order valence-corrected chi connectivity index (χ3v) is 3.95. The Hall–Kier alpha value is -2.27. The lowest BCUT2D eigenvalue weighted by Gasteiger charge is -2.21. The van der Waals surface area contributed by atoms with Crippen molar-refractivity contribution in [1.29, 1.82) is 0 Å². The molecule has 24 heavy (non-hydrogen) atoms. The molecular weight excluding hydrogens is 324 g/mol. The fraction of sp³-hybridized carbons (Fsp3) is 0.333. The summed E-state index contributed by atoms with van der Waals surface area (Å²) in [5.41, 5.74) is 2.36. The minimum absolute atomic E-state index is 0.210. The molecule has 2 rings (SSSR count). The summed E-state index contributed by atoms with van der Waals surface area (Å²) < 4.78 is 0. The lowest BCUT2D eigenvalue weighted by molar-refractivity contribution is 0.102. The summed E-state index contributed by atoms with van der Waals surface area (Å²) in [6, 6.07) is 11.1. The predicted octanol–water partition coefficient (Wildman–Crippen LogP) is 3.90. The summed E-state index contributed by atoms with van der Waals surface area (Å²) in [6.45, 7) is 6.14. The topological polar surface area (TPSA) is 48.5 Å². The van der Waals surface area contributed by atoms with E-state index >= 15 is 0 Å². The van der Waals surface area contributed by atoms with Gasteiger partial charge in [-0.3, -0.25) is 4.79 Å². The van der Waals surface area contributed by atoms with E-state index in [9.17, 15) is 4.79 Å². The smallest absolute Gasteiger partial charge is 0.255 e. The SMILES string of the molecule is CCN(CC)c1ccc(NC(=O)c2cc(Cl)nc(N(C)C)c2)cc1. The molecule has 6 heteroatoms. The highest BCUT2D eigenvalue weighted by atomic mass is 35.5. The van der Waals surface area contributed by atoms with Gasteiger partial charge >= 0.3 is 0 Å². The van der Waals surface area contributed by atoms with Crippen LogP contribution in [0.4, 0.5) is 17.2 Å². The molecule has 0 atom stereocenters. The van der Waals surface area contributed by atoms with E-state index in [4.69, 9.17) is 11.6 Å². The number of halogens is 1. The molecule has 0 radical (unpaired) electrons. The number of nitrogens with zero attached hydrogens (tertiary/aromatic N) is 3. The second-order valence-corrected chi connectivity index (χ2v) is 5.99. The maximum absolute atomic E-state index is 12.4. The molecule has 5 nitrogen and oxygen atoms in total. The molecule has 0 aliphatic heterocycles. The van der Waals surface area contributed by atoms with Gasteiger partial charge in [0, 0.05) is 44.1 Å². The Morgan fingerprint density at radius 3 is 2.29 bits per heavy atom. The summed E-state index contributed by atoms with van der Waals surface area (Å²) in [6.07, 6.45) is 0. The van der Waals surface area contributed by atoms with Crippen LogP contribution < -0.4 is 15.1 Å². The van der Waals surface area contributed by atoms with Crippen molar-refractivity contribution in [2.75, 3.05) is 42.3 Å². The summed E-state index contributed by atoms with van der Waals surface area (Å²) in [5, 5.41) is 3.19. The van der Waals surface area contributed by atoms with Crippen molar-refractivity contribution >= 4 is 34.7 Å². The van der Waals surface area contributed by atoms with Crippen molar-refractivity contribution in [3.8, 4) is 0 Å². The molecule has 0 aliphatic carbocycles. The highest BCUT2D eigenvalue weighted by molar-refractivity contribution is 6.30. The highest BCUT2D eigenvalue weighted by Gasteiger charge is 2.11. The largest absolute Gasteiger partial charge is 0.372 e. The van der Waals surface area contributed by atoms with E-state index in [1.807, 2.05) is 43.3 Å². The molecule has 0 fully saturated rings. The molecule has 1 amide bonds. The maximum Gasteiger partial charge on any atom is 0.255 e. The van der Waals surface area contributed by atoms with Gasteiger partial charge in [-0.05, 0) is 50.2 Å². The van der Waals surface area contributed by atoms with Gasteiger partial charge in [0.2, 0.25) is 0 Å². The van der Waals surface area contributed by atoms with Crippen LogP contribution in [-0.4, -0.2) is 38.1 Å². The summed E-state index contributed by atoms with van der Waals surface area (Å²) in [5.74, 6) is 0.433. The second-order valence-electron chi connectivity index (χ2n) is 5.60. The van der Waals surface area contributed by atoms with Crippen molar-refractivity contribution in [3.63, 3.8) is 0 Å². The Morgan fingerprint density at radius 2 is 1.75 bits per heavy atom. The Morgan fingerprint density at radius 1 is 1.12 bits per heavy atom. The van der Waals surface area contributed by atoms with E-state index in [0.29, 0.717) is 16.5 Å². The Balaban J connectivity index is 2.15. The molecule has 1 aromatic carbocycles. The average Bonchev–Trinajstić information content (AvgIpc) is 2.56. The first-order chi connectivity index (χ1) is 11.4. The van der Waals surface area contributed by atoms with Crippen molar-refractivity contribution in [1.82, 2.24) is 4.98 Å². The molecule has 0 bridgehead atoms. The van der Waals surface area contributed by atoms with Crippen LogP contribution in [-0.2, 0) is 0 Å². The van der Waals surface area contributed by atoms with Gasteiger partial charge in [0.25, 0.3) is 5.91 Å². The number of carbonyl (C=O) groups excluding carboxylic acids is 1. The van der Waals surface area contributed by atoms with Crippen LogP contribution in [0.3, 0.4) is 0 Å². The van der Waals surface area contributed by atoms with Gasteiger partial charge in [-0.2, -0.15) is 0 Å². The Kier molecular flexibility index (Phi) is 6.04. The third-order valence-electron chi connectivity index (χ3n) is 3.75. The van der Waals surface area contributed by atoms with Crippen molar-refractivity contribution in [2.45, 2.75) is 13.8 Å². The summed E-state index contributed by atoms with van der Waals surface area (Å²) >= 11 is 6.01. The van der Waals surface area contributed by atoms with Gasteiger partial charge in [0.15, 0.2) is 0 Å². The fourth-order valence-corrected chi connectivity index (χ4v) is 2.59. The monoisotopic (exact) mass is 346 g/mol. The van der Waals surface area contributed by atoms with Gasteiger partial charge in [-0.1, -0.05) is 11.6 Å².